The maximum Gasteiger partial charge on any atom is 0.137 e. The van der Waals surface area contributed by atoms with Gasteiger partial charge in [0.15, 0.2) is 0 Å². The number of carbonyl (C=O) groups excluding carboxylic acids is 1. The van der Waals surface area contributed by atoms with Crippen molar-refractivity contribution in [3.05, 3.63) is 23.3 Å². The van der Waals surface area contributed by atoms with Crippen LogP contribution in [0.4, 0.5) is 0 Å². The molecule has 2 unspecified atom stereocenters. The number of rotatable bonds is 2. The molecule has 0 aromatic heterocycles. The molecule has 1 N–H and O–H groups in total. The van der Waals surface area contributed by atoms with E-state index in [1.807, 2.05) is 6.92 Å². The first-order chi connectivity index (χ1) is 11.5. The van der Waals surface area contributed by atoms with Crippen molar-refractivity contribution >= 4 is 5.78 Å². The molecule has 0 spiro atoms. The van der Waals surface area contributed by atoms with E-state index < -0.39 is 5.60 Å². The number of hydrogen-bond donors (Lipinski definition) is 1. The second kappa shape index (κ2) is 5.56. The molecule has 0 saturated heterocycles. The summed E-state index contributed by atoms with van der Waals surface area (Å²) in [6, 6.07) is 2.21. The number of Topliss-reactive ketones (excluding diaryl/α,β-unsaturated/α-hetero) is 1. The van der Waals surface area contributed by atoms with Crippen molar-refractivity contribution in [1.29, 1.82) is 5.26 Å². The smallest absolute Gasteiger partial charge is 0.137 e. The van der Waals surface area contributed by atoms with Crippen molar-refractivity contribution in [2.75, 3.05) is 0 Å². The van der Waals surface area contributed by atoms with Gasteiger partial charge in [-0.1, -0.05) is 23.3 Å². The van der Waals surface area contributed by atoms with Crippen LogP contribution in [0.5, 0.6) is 0 Å². The molecule has 4 rings (SSSR count). The zero-order valence-corrected chi connectivity index (χ0v) is 14.6. The van der Waals surface area contributed by atoms with Crippen molar-refractivity contribution in [2.24, 2.45) is 23.2 Å². The molecule has 0 aliphatic heterocycles. The first kappa shape index (κ1) is 16.1. The minimum Gasteiger partial charge on any atom is -0.388 e. The number of nitriles is 1. The predicted molar refractivity (Wildman–Crippen MR) is 91.9 cm³/mol. The van der Waals surface area contributed by atoms with Crippen LogP contribution in [0.2, 0.25) is 0 Å². The molecule has 5 atom stereocenters. The highest BCUT2D eigenvalue weighted by molar-refractivity contribution is 5.82. The van der Waals surface area contributed by atoms with Crippen molar-refractivity contribution in [3.8, 4) is 6.07 Å². The molecular formula is C21H27NO2. The monoisotopic (exact) mass is 325 g/mol. The van der Waals surface area contributed by atoms with Gasteiger partial charge in [-0.05, 0) is 63.2 Å². The van der Waals surface area contributed by atoms with Gasteiger partial charge in [0.1, 0.15) is 5.78 Å². The quantitative estimate of drug-likeness (QED) is 0.778. The van der Waals surface area contributed by atoms with E-state index in [0.717, 1.165) is 44.9 Å². The summed E-state index contributed by atoms with van der Waals surface area (Å²) in [4.78, 5) is 11.8. The van der Waals surface area contributed by atoms with Crippen LogP contribution in [0.25, 0.3) is 0 Å². The molecule has 1 fully saturated rings. The van der Waals surface area contributed by atoms with Crippen LogP contribution in [-0.4, -0.2) is 16.5 Å². The topological polar surface area (TPSA) is 61.1 Å². The van der Waals surface area contributed by atoms with Crippen LogP contribution in [0, 0.1) is 34.5 Å². The second-order valence-electron chi connectivity index (χ2n) is 8.61. The number of ketones is 1. The van der Waals surface area contributed by atoms with E-state index in [9.17, 15) is 15.2 Å². The van der Waals surface area contributed by atoms with Crippen LogP contribution in [0.1, 0.15) is 64.7 Å². The van der Waals surface area contributed by atoms with E-state index in [0.29, 0.717) is 30.0 Å². The number of fused-ring (bicyclic) bond motifs is 4. The molecule has 4 aliphatic carbocycles. The summed E-state index contributed by atoms with van der Waals surface area (Å²) in [5.41, 5.74) is 1.94. The molecular weight excluding hydrogens is 298 g/mol. The van der Waals surface area contributed by atoms with E-state index in [2.05, 4.69) is 18.2 Å². The second-order valence-corrected chi connectivity index (χ2v) is 8.61. The Balaban J connectivity index is 1.67. The van der Waals surface area contributed by atoms with Crippen LogP contribution < -0.4 is 0 Å². The van der Waals surface area contributed by atoms with E-state index in [1.165, 1.54) is 5.57 Å². The van der Waals surface area contributed by atoms with Gasteiger partial charge in [0.2, 0.25) is 0 Å². The fourth-order valence-corrected chi connectivity index (χ4v) is 6.36. The van der Waals surface area contributed by atoms with Gasteiger partial charge >= 0.3 is 0 Å². The summed E-state index contributed by atoms with van der Waals surface area (Å²) in [7, 11) is 0. The fraction of sp³-hybridized carbons (Fsp3) is 0.714. The minimum atomic E-state index is -0.919. The highest BCUT2D eigenvalue weighted by Gasteiger charge is 2.58. The Morgan fingerprint density at radius 1 is 1.38 bits per heavy atom. The van der Waals surface area contributed by atoms with Crippen LogP contribution in [-0.2, 0) is 4.79 Å². The first-order valence-corrected chi connectivity index (χ1v) is 9.47. The molecule has 0 bridgehead atoms. The fourth-order valence-electron chi connectivity index (χ4n) is 6.36. The van der Waals surface area contributed by atoms with Crippen molar-refractivity contribution in [2.45, 2.75) is 70.3 Å². The van der Waals surface area contributed by atoms with Crippen LogP contribution >= 0.6 is 0 Å². The number of nitrogens with zero attached hydrogens (tertiary/aromatic N) is 1. The minimum absolute atomic E-state index is 0.160. The highest BCUT2D eigenvalue weighted by atomic mass is 16.3. The summed E-state index contributed by atoms with van der Waals surface area (Å²) < 4.78 is 0. The van der Waals surface area contributed by atoms with E-state index in [4.69, 9.17) is 0 Å². The van der Waals surface area contributed by atoms with E-state index in [1.54, 1.807) is 5.57 Å². The molecule has 3 heteroatoms. The largest absolute Gasteiger partial charge is 0.388 e. The lowest BCUT2D eigenvalue weighted by atomic mass is 9.49. The Hall–Kier alpha value is -1.40. The summed E-state index contributed by atoms with van der Waals surface area (Å²) >= 11 is 0. The lowest BCUT2D eigenvalue weighted by Crippen LogP contribution is -2.54. The first-order valence-electron chi connectivity index (χ1n) is 9.47. The third kappa shape index (κ3) is 2.15. The van der Waals surface area contributed by atoms with Crippen molar-refractivity contribution in [3.63, 3.8) is 0 Å². The summed E-state index contributed by atoms with van der Waals surface area (Å²) in [6.45, 7) is 1.88. The lowest BCUT2D eigenvalue weighted by molar-refractivity contribution is -0.126. The highest BCUT2D eigenvalue weighted by Crippen LogP contribution is 2.63. The molecule has 0 aromatic rings. The maximum absolute atomic E-state index is 11.8. The van der Waals surface area contributed by atoms with Gasteiger partial charge in [-0.2, -0.15) is 5.26 Å². The average Bonchev–Trinajstić information content (AvgIpc) is 3.00. The van der Waals surface area contributed by atoms with Gasteiger partial charge < -0.3 is 5.11 Å². The average molecular weight is 325 g/mol. The molecule has 3 nitrogen and oxygen atoms in total. The Kier molecular flexibility index (Phi) is 3.73. The SMILES string of the molecule is CC(O)(CC#N)C12CC=C[C@H]1[C@@H]1CCC3=C(CCC(=O)C3)[C@H]1CC2. The third-order valence-electron chi connectivity index (χ3n) is 7.60. The van der Waals surface area contributed by atoms with Crippen molar-refractivity contribution < 1.29 is 9.90 Å². The maximum atomic E-state index is 11.8. The summed E-state index contributed by atoms with van der Waals surface area (Å²) in [5.74, 6) is 1.97. The number of allylic oxidation sites excluding steroid dienone is 4. The number of aliphatic hydroxyl groups is 1. The van der Waals surface area contributed by atoms with Gasteiger partial charge in [-0.25, -0.2) is 0 Å². The Morgan fingerprint density at radius 3 is 3.00 bits per heavy atom. The van der Waals surface area contributed by atoms with Gasteiger partial charge in [-0.15, -0.1) is 0 Å². The van der Waals surface area contributed by atoms with Crippen molar-refractivity contribution in [1.82, 2.24) is 0 Å². The Bertz CT molecular complexity index is 666. The normalized spacial score (nSPS) is 40.4. The standard InChI is InChI=1S/C21H27NO2/c1-20(24,11-12-22)21-9-2-3-19(21)18-6-4-14-13-15(23)5-7-16(14)17(18)8-10-21/h2-3,17-19,24H,4-11,13H2,1H3/t17-,18-,19+,20?,21?/m1/s1. The summed E-state index contributed by atoms with van der Waals surface area (Å²) in [6.07, 6.45) is 12.4. The lowest BCUT2D eigenvalue weighted by Gasteiger charge is -2.56. The predicted octanol–water partition coefficient (Wildman–Crippen LogP) is 4.08. The molecule has 0 aromatic carbocycles. The van der Waals surface area contributed by atoms with Gasteiger partial charge in [0.25, 0.3) is 0 Å². The van der Waals surface area contributed by atoms with Gasteiger partial charge in [-0.3, -0.25) is 4.79 Å². The molecule has 0 heterocycles. The zero-order valence-electron chi connectivity index (χ0n) is 14.6. The third-order valence-corrected chi connectivity index (χ3v) is 7.60. The molecule has 24 heavy (non-hydrogen) atoms. The molecule has 0 radical (unpaired) electrons. The zero-order chi connectivity index (χ0) is 16.9. The number of carbonyl (C=O) groups is 1. The Labute approximate surface area is 144 Å². The Morgan fingerprint density at radius 2 is 2.21 bits per heavy atom. The summed E-state index contributed by atoms with van der Waals surface area (Å²) in [5, 5.41) is 20.3. The van der Waals surface area contributed by atoms with Gasteiger partial charge in [0, 0.05) is 18.3 Å². The molecule has 4 aliphatic rings. The molecule has 128 valence electrons. The van der Waals surface area contributed by atoms with E-state index >= 15 is 0 Å². The van der Waals surface area contributed by atoms with Gasteiger partial charge in [0.05, 0.1) is 18.1 Å². The van der Waals surface area contributed by atoms with Crippen LogP contribution in [0.15, 0.2) is 23.3 Å². The molecule has 0 amide bonds. The van der Waals surface area contributed by atoms with E-state index in [-0.39, 0.29) is 11.8 Å². The molecule has 1 saturated carbocycles. The number of hydrogen-bond acceptors (Lipinski definition) is 3. The van der Waals surface area contributed by atoms with Crippen LogP contribution in [0.3, 0.4) is 0 Å².